The second-order valence-electron chi connectivity index (χ2n) is 5.60. The summed E-state index contributed by atoms with van der Waals surface area (Å²) in [7, 11) is 1.65. The Bertz CT molecular complexity index is 613. The molecular weight excluding hydrogens is 301 g/mol. The van der Waals surface area contributed by atoms with E-state index in [-0.39, 0.29) is 6.04 Å². The number of rotatable bonds is 7. The Morgan fingerprint density at radius 1 is 1.43 bits per heavy atom. The van der Waals surface area contributed by atoms with Crippen LogP contribution in [0.3, 0.4) is 0 Å². The first-order valence-electron chi connectivity index (χ1n) is 7.77. The van der Waals surface area contributed by atoms with Gasteiger partial charge in [0.15, 0.2) is 0 Å². The van der Waals surface area contributed by atoms with Gasteiger partial charge in [-0.05, 0) is 12.1 Å². The van der Waals surface area contributed by atoms with Gasteiger partial charge in [0.1, 0.15) is 24.8 Å². The summed E-state index contributed by atoms with van der Waals surface area (Å²) in [5, 5.41) is 4.18. The first-order valence-corrected chi connectivity index (χ1v) is 7.77. The molecule has 1 aliphatic heterocycles. The van der Waals surface area contributed by atoms with Gasteiger partial charge in [0.2, 0.25) is 0 Å². The highest BCUT2D eigenvalue weighted by Crippen LogP contribution is 2.27. The number of hydrogen-bond acceptors (Lipinski definition) is 5. The molecule has 1 saturated heterocycles. The van der Waals surface area contributed by atoms with Crippen LogP contribution in [0.25, 0.3) is 0 Å². The van der Waals surface area contributed by atoms with E-state index in [2.05, 4.69) is 10.00 Å². The van der Waals surface area contributed by atoms with Gasteiger partial charge in [-0.25, -0.2) is 4.39 Å². The molecular formula is C16H22FN3O3. The molecule has 0 aliphatic carbocycles. The molecule has 0 amide bonds. The van der Waals surface area contributed by atoms with Gasteiger partial charge in [-0.3, -0.25) is 9.58 Å². The number of halogens is 1. The van der Waals surface area contributed by atoms with E-state index in [0.717, 1.165) is 30.2 Å². The van der Waals surface area contributed by atoms with E-state index < -0.39 is 6.67 Å². The van der Waals surface area contributed by atoms with E-state index >= 15 is 0 Å². The van der Waals surface area contributed by atoms with Crippen molar-refractivity contribution in [1.29, 1.82) is 0 Å². The van der Waals surface area contributed by atoms with Crippen molar-refractivity contribution in [3.05, 3.63) is 41.6 Å². The van der Waals surface area contributed by atoms with Crippen LogP contribution in [0.1, 0.15) is 23.1 Å². The van der Waals surface area contributed by atoms with E-state index in [0.29, 0.717) is 26.4 Å². The van der Waals surface area contributed by atoms with Crippen molar-refractivity contribution >= 4 is 0 Å². The minimum atomic E-state index is -0.407. The molecule has 2 aromatic rings. The van der Waals surface area contributed by atoms with Crippen LogP contribution in [-0.4, -0.2) is 48.2 Å². The third kappa shape index (κ3) is 3.99. The monoisotopic (exact) mass is 323 g/mol. The molecule has 0 spiro atoms. The zero-order chi connectivity index (χ0) is 16.1. The van der Waals surface area contributed by atoms with Crippen molar-refractivity contribution < 1.29 is 18.3 Å². The second kappa shape index (κ2) is 7.72. The van der Waals surface area contributed by atoms with Crippen molar-refractivity contribution in [2.45, 2.75) is 25.7 Å². The van der Waals surface area contributed by atoms with E-state index in [1.54, 1.807) is 18.0 Å². The zero-order valence-electron chi connectivity index (χ0n) is 13.3. The maximum Gasteiger partial charge on any atom is 0.129 e. The number of ether oxygens (including phenoxy) is 2. The number of hydrogen-bond donors (Lipinski definition) is 0. The predicted molar refractivity (Wildman–Crippen MR) is 81.6 cm³/mol. The predicted octanol–water partition coefficient (Wildman–Crippen LogP) is 2.17. The summed E-state index contributed by atoms with van der Waals surface area (Å²) in [5.74, 6) is 1.69. The molecule has 0 bridgehead atoms. The van der Waals surface area contributed by atoms with Crippen molar-refractivity contribution in [3.8, 4) is 0 Å². The van der Waals surface area contributed by atoms with Gasteiger partial charge in [-0.15, -0.1) is 0 Å². The Morgan fingerprint density at radius 3 is 3.17 bits per heavy atom. The van der Waals surface area contributed by atoms with Gasteiger partial charge >= 0.3 is 0 Å². The Kier molecular flexibility index (Phi) is 5.43. The highest BCUT2D eigenvalue weighted by Gasteiger charge is 2.27. The Morgan fingerprint density at radius 2 is 2.35 bits per heavy atom. The van der Waals surface area contributed by atoms with E-state index in [4.69, 9.17) is 13.9 Å². The molecule has 0 saturated carbocycles. The van der Waals surface area contributed by atoms with Crippen LogP contribution in [0, 0.1) is 0 Å². The average Bonchev–Trinajstić information content (AvgIpc) is 3.19. The number of nitrogens with zero attached hydrogens (tertiary/aromatic N) is 3. The highest BCUT2D eigenvalue weighted by atomic mass is 19.1. The lowest BCUT2D eigenvalue weighted by molar-refractivity contribution is -0.0211. The standard InChI is InChI=1S/C16H22FN3O3/c1-21-11-14-2-3-16(23-14)15-12-22-7-6-19(15)9-13-8-18-20(10-13)5-4-17/h2-3,8,10,15H,4-7,9,11-12H2,1H3. The highest BCUT2D eigenvalue weighted by molar-refractivity contribution is 5.13. The lowest BCUT2D eigenvalue weighted by Crippen LogP contribution is -2.38. The smallest absolute Gasteiger partial charge is 0.129 e. The minimum absolute atomic E-state index is 0.0684. The molecule has 2 aromatic heterocycles. The van der Waals surface area contributed by atoms with Crippen molar-refractivity contribution in [2.24, 2.45) is 0 Å². The second-order valence-corrected chi connectivity index (χ2v) is 5.60. The summed E-state index contributed by atoms with van der Waals surface area (Å²) in [4.78, 5) is 2.30. The first-order chi connectivity index (χ1) is 11.3. The van der Waals surface area contributed by atoms with Crippen LogP contribution < -0.4 is 0 Å². The molecule has 0 aromatic carbocycles. The van der Waals surface area contributed by atoms with Crippen LogP contribution in [0.2, 0.25) is 0 Å². The van der Waals surface area contributed by atoms with Gasteiger partial charge in [0.25, 0.3) is 0 Å². The molecule has 23 heavy (non-hydrogen) atoms. The molecule has 1 fully saturated rings. The number of alkyl halides is 1. The van der Waals surface area contributed by atoms with Crippen LogP contribution >= 0.6 is 0 Å². The fourth-order valence-corrected chi connectivity index (χ4v) is 2.81. The third-order valence-corrected chi connectivity index (χ3v) is 3.92. The van der Waals surface area contributed by atoms with Gasteiger partial charge in [-0.2, -0.15) is 5.10 Å². The number of morpholine rings is 1. The van der Waals surface area contributed by atoms with E-state index in [1.165, 1.54) is 0 Å². The summed E-state index contributed by atoms with van der Waals surface area (Å²) >= 11 is 0. The molecule has 6 nitrogen and oxygen atoms in total. The van der Waals surface area contributed by atoms with E-state index in [9.17, 15) is 4.39 Å². The molecule has 1 aliphatic rings. The first kappa shape index (κ1) is 16.2. The summed E-state index contributed by atoms with van der Waals surface area (Å²) in [6, 6.07) is 3.98. The van der Waals surface area contributed by atoms with E-state index in [1.807, 2.05) is 18.3 Å². The molecule has 3 rings (SSSR count). The number of furan rings is 1. The van der Waals surface area contributed by atoms with Crippen molar-refractivity contribution in [2.75, 3.05) is 33.5 Å². The molecule has 126 valence electrons. The van der Waals surface area contributed by atoms with Crippen LogP contribution in [0.5, 0.6) is 0 Å². The Balaban J connectivity index is 1.69. The lowest BCUT2D eigenvalue weighted by atomic mass is 10.1. The molecule has 1 atom stereocenters. The van der Waals surface area contributed by atoms with Crippen LogP contribution in [0.4, 0.5) is 4.39 Å². The molecule has 7 heteroatoms. The van der Waals surface area contributed by atoms with Crippen LogP contribution in [0.15, 0.2) is 28.9 Å². The largest absolute Gasteiger partial charge is 0.462 e. The van der Waals surface area contributed by atoms with Gasteiger partial charge in [-0.1, -0.05) is 0 Å². The molecule has 0 radical (unpaired) electrons. The molecule has 1 unspecified atom stereocenters. The van der Waals surface area contributed by atoms with Gasteiger partial charge < -0.3 is 13.9 Å². The maximum absolute atomic E-state index is 12.4. The average molecular weight is 323 g/mol. The summed E-state index contributed by atoms with van der Waals surface area (Å²) in [6.45, 7) is 3.20. The fraction of sp³-hybridized carbons (Fsp3) is 0.562. The Hall–Kier alpha value is -1.70. The third-order valence-electron chi connectivity index (χ3n) is 3.92. The van der Waals surface area contributed by atoms with Gasteiger partial charge in [0.05, 0.1) is 32.0 Å². The van der Waals surface area contributed by atoms with Crippen molar-refractivity contribution in [1.82, 2.24) is 14.7 Å². The Labute approximate surface area is 134 Å². The zero-order valence-corrected chi connectivity index (χ0v) is 13.3. The van der Waals surface area contributed by atoms with Gasteiger partial charge in [0, 0.05) is 32.0 Å². The number of methoxy groups -OCH3 is 1. The molecule has 3 heterocycles. The van der Waals surface area contributed by atoms with Crippen molar-refractivity contribution in [3.63, 3.8) is 0 Å². The quantitative estimate of drug-likeness (QED) is 0.781. The SMILES string of the molecule is COCc1ccc(C2COCCN2Cc2cnn(CCF)c2)o1. The topological polar surface area (TPSA) is 52.7 Å². The number of aryl methyl sites for hydroxylation is 1. The maximum atomic E-state index is 12.4. The summed E-state index contributed by atoms with van der Waals surface area (Å²) < 4.78 is 30.6. The fourth-order valence-electron chi connectivity index (χ4n) is 2.81. The summed E-state index contributed by atoms with van der Waals surface area (Å²) in [5.41, 5.74) is 1.06. The summed E-state index contributed by atoms with van der Waals surface area (Å²) in [6.07, 6.45) is 3.69. The lowest BCUT2D eigenvalue weighted by Gasteiger charge is -2.34. The number of aromatic nitrogens is 2. The molecule has 0 N–H and O–H groups in total. The minimum Gasteiger partial charge on any atom is -0.462 e. The van der Waals surface area contributed by atoms with Crippen LogP contribution in [-0.2, 0) is 29.2 Å². The normalized spacial score (nSPS) is 19.3.